The lowest BCUT2D eigenvalue weighted by Crippen LogP contribution is -2.30. The van der Waals surface area contributed by atoms with Crippen molar-refractivity contribution in [3.63, 3.8) is 0 Å². The molecule has 0 rings (SSSR count). The van der Waals surface area contributed by atoms with E-state index in [0.29, 0.717) is 19.3 Å². The highest BCUT2D eigenvalue weighted by Gasteiger charge is 2.19. The van der Waals surface area contributed by atoms with E-state index < -0.39 is 6.10 Å². The summed E-state index contributed by atoms with van der Waals surface area (Å²) in [6, 6.07) is 0. The van der Waals surface area contributed by atoms with Crippen molar-refractivity contribution in [3.8, 4) is 0 Å². The highest BCUT2D eigenvalue weighted by Crippen LogP contribution is 2.19. The minimum absolute atomic E-state index is 0.0625. The smallest absolute Gasteiger partial charge is 0.306 e. The first kappa shape index (κ1) is 63.4. The fraction of sp³-hybridized carbons (Fsp3) is 0.949. The third-order valence-electron chi connectivity index (χ3n) is 13.8. The van der Waals surface area contributed by atoms with Gasteiger partial charge in [-0.25, -0.2) is 0 Å². The van der Waals surface area contributed by atoms with Crippen molar-refractivity contribution < 1.29 is 28.6 Å². The van der Waals surface area contributed by atoms with E-state index in [1.54, 1.807) is 0 Å². The Hall–Kier alpha value is -1.59. The molecule has 2 atom stereocenters. The van der Waals surface area contributed by atoms with Crippen LogP contribution in [0.4, 0.5) is 0 Å². The first-order chi connectivity index (χ1) is 31.8. The summed E-state index contributed by atoms with van der Waals surface area (Å²) in [6.45, 7) is 11.5. The molecule has 6 nitrogen and oxygen atoms in total. The summed E-state index contributed by atoms with van der Waals surface area (Å²) in [5, 5.41) is 0. The van der Waals surface area contributed by atoms with Gasteiger partial charge in [-0.05, 0) is 31.1 Å². The molecule has 65 heavy (non-hydrogen) atoms. The molecule has 0 bridgehead atoms. The summed E-state index contributed by atoms with van der Waals surface area (Å²) in [5.41, 5.74) is 0. The summed E-state index contributed by atoms with van der Waals surface area (Å²) in [6.07, 6.45) is 55.1. The molecular formula is C59H114O6. The van der Waals surface area contributed by atoms with E-state index in [4.69, 9.17) is 14.2 Å². The van der Waals surface area contributed by atoms with Gasteiger partial charge in [0.25, 0.3) is 0 Å². The van der Waals surface area contributed by atoms with Crippen LogP contribution in [0.15, 0.2) is 0 Å². The first-order valence-electron chi connectivity index (χ1n) is 29.3. The molecule has 0 N–H and O–H groups in total. The van der Waals surface area contributed by atoms with Crippen molar-refractivity contribution in [2.24, 2.45) is 11.8 Å². The number of carbonyl (C=O) groups excluding carboxylic acids is 3. The summed E-state index contributed by atoms with van der Waals surface area (Å²) in [4.78, 5) is 38.1. The molecule has 0 fully saturated rings. The molecule has 0 saturated carbocycles. The van der Waals surface area contributed by atoms with E-state index in [2.05, 4.69) is 34.6 Å². The number of ether oxygens (including phenoxy) is 3. The minimum atomic E-state index is -0.762. The van der Waals surface area contributed by atoms with E-state index in [-0.39, 0.29) is 31.1 Å². The zero-order valence-electron chi connectivity index (χ0n) is 44.6. The van der Waals surface area contributed by atoms with Crippen LogP contribution in [0.1, 0.15) is 330 Å². The molecule has 0 aromatic heterocycles. The third-order valence-corrected chi connectivity index (χ3v) is 13.8. The lowest BCUT2D eigenvalue weighted by molar-refractivity contribution is -0.167. The number of carbonyl (C=O) groups is 3. The highest BCUT2D eigenvalue weighted by molar-refractivity contribution is 5.71. The van der Waals surface area contributed by atoms with Gasteiger partial charge in [0, 0.05) is 19.3 Å². The number of unbranched alkanes of at least 4 members (excludes halogenated alkanes) is 37. The molecule has 386 valence electrons. The van der Waals surface area contributed by atoms with Gasteiger partial charge in [0.1, 0.15) is 13.2 Å². The predicted octanol–water partition coefficient (Wildman–Crippen LogP) is 19.3. The van der Waals surface area contributed by atoms with Crippen LogP contribution in [0, 0.1) is 11.8 Å². The second-order valence-corrected chi connectivity index (χ2v) is 21.0. The average Bonchev–Trinajstić information content (AvgIpc) is 3.29. The van der Waals surface area contributed by atoms with Crippen molar-refractivity contribution in [2.75, 3.05) is 13.2 Å². The lowest BCUT2D eigenvalue weighted by atomic mass is 9.99. The van der Waals surface area contributed by atoms with Gasteiger partial charge in [-0.1, -0.05) is 291 Å². The maximum absolute atomic E-state index is 12.8. The Balaban J connectivity index is 4.28. The molecule has 0 radical (unpaired) electrons. The van der Waals surface area contributed by atoms with E-state index >= 15 is 0 Å². The molecule has 6 heteroatoms. The molecule has 1 unspecified atom stereocenters. The van der Waals surface area contributed by atoms with Crippen molar-refractivity contribution in [2.45, 2.75) is 336 Å². The highest BCUT2D eigenvalue weighted by atomic mass is 16.6. The van der Waals surface area contributed by atoms with Crippen LogP contribution in [0.5, 0.6) is 0 Å². The minimum Gasteiger partial charge on any atom is -0.462 e. The quantitative estimate of drug-likeness (QED) is 0.0344. The Morgan fingerprint density at radius 1 is 0.323 bits per heavy atom. The van der Waals surface area contributed by atoms with Crippen LogP contribution in [-0.4, -0.2) is 37.2 Å². The summed E-state index contributed by atoms with van der Waals surface area (Å²) >= 11 is 0. The van der Waals surface area contributed by atoms with Crippen LogP contribution in [0.2, 0.25) is 0 Å². The van der Waals surface area contributed by atoms with Crippen LogP contribution in [0.3, 0.4) is 0 Å². The SMILES string of the molecule is CCCCCCCCCCCCCCCC(=O)O[C@H](COC(=O)CCCCCCCCCCCCCCCCC(C)CC)COC(=O)CCCCCCCCCCCCCCCC(C)C. The summed E-state index contributed by atoms with van der Waals surface area (Å²) < 4.78 is 16.9. The monoisotopic (exact) mass is 919 g/mol. The van der Waals surface area contributed by atoms with Gasteiger partial charge in [0.2, 0.25) is 0 Å². The van der Waals surface area contributed by atoms with Crippen LogP contribution >= 0.6 is 0 Å². The third kappa shape index (κ3) is 51.6. The predicted molar refractivity (Wildman–Crippen MR) is 280 cm³/mol. The van der Waals surface area contributed by atoms with Crippen molar-refractivity contribution >= 4 is 17.9 Å². The van der Waals surface area contributed by atoms with Crippen LogP contribution < -0.4 is 0 Å². The Kier molecular flexibility index (Phi) is 50.5. The molecular weight excluding hydrogens is 805 g/mol. The van der Waals surface area contributed by atoms with E-state index in [1.807, 2.05) is 0 Å². The van der Waals surface area contributed by atoms with Gasteiger partial charge in [-0.3, -0.25) is 14.4 Å². The van der Waals surface area contributed by atoms with Gasteiger partial charge < -0.3 is 14.2 Å². The van der Waals surface area contributed by atoms with Gasteiger partial charge in [0.15, 0.2) is 6.10 Å². The molecule has 0 saturated heterocycles. The summed E-state index contributed by atoms with van der Waals surface area (Å²) in [7, 11) is 0. The first-order valence-corrected chi connectivity index (χ1v) is 29.3. The van der Waals surface area contributed by atoms with Gasteiger partial charge >= 0.3 is 17.9 Å². The number of rotatable bonds is 53. The second-order valence-electron chi connectivity index (χ2n) is 21.0. The van der Waals surface area contributed by atoms with E-state index in [1.165, 1.54) is 218 Å². The molecule has 0 aromatic rings. The lowest BCUT2D eigenvalue weighted by Gasteiger charge is -2.18. The molecule has 0 aliphatic carbocycles. The Morgan fingerprint density at radius 2 is 0.585 bits per heavy atom. The van der Waals surface area contributed by atoms with Gasteiger partial charge in [-0.2, -0.15) is 0 Å². The topological polar surface area (TPSA) is 78.9 Å². The molecule has 0 aliphatic heterocycles. The van der Waals surface area contributed by atoms with Gasteiger partial charge in [-0.15, -0.1) is 0 Å². The number of hydrogen-bond acceptors (Lipinski definition) is 6. The molecule has 0 aromatic carbocycles. The van der Waals surface area contributed by atoms with E-state index in [9.17, 15) is 14.4 Å². The molecule has 0 aliphatic rings. The van der Waals surface area contributed by atoms with Crippen molar-refractivity contribution in [3.05, 3.63) is 0 Å². The maximum atomic E-state index is 12.8. The standard InChI is InChI=1S/C59H114O6/c1-6-8-9-10-11-12-13-17-26-31-36-41-46-51-59(62)65-56(53-64-58(61)50-45-40-35-30-25-21-16-18-22-27-32-37-42-47-54(3)4)52-63-57(60)49-44-39-34-29-24-20-15-14-19-23-28-33-38-43-48-55(5)7-2/h54-56H,6-53H2,1-5H3/t55?,56-/m1/s1. The Labute approximate surface area is 406 Å². The average molecular weight is 920 g/mol. The van der Waals surface area contributed by atoms with Crippen LogP contribution in [0.25, 0.3) is 0 Å². The molecule has 0 spiro atoms. The maximum Gasteiger partial charge on any atom is 0.306 e. The number of esters is 3. The largest absolute Gasteiger partial charge is 0.462 e. The Bertz CT molecular complexity index is 995. The fourth-order valence-corrected chi connectivity index (χ4v) is 9.02. The van der Waals surface area contributed by atoms with Crippen molar-refractivity contribution in [1.82, 2.24) is 0 Å². The zero-order chi connectivity index (χ0) is 47.5. The second kappa shape index (κ2) is 51.8. The van der Waals surface area contributed by atoms with Crippen molar-refractivity contribution in [1.29, 1.82) is 0 Å². The Morgan fingerprint density at radius 3 is 0.877 bits per heavy atom. The number of hydrogen-bond donors (Lipinski definition) is 0. The summed E-state index contributed by atoms with van der Waals surface area (Å²) in [5.74, 6) is 0.898. The normalized spacial score (nSPS) is 12.5. The van der Waals surface area contributed by atoms with Gasteiger partial charge in [0.05, 0.1) is 0 Å². The fourth-order valence-electron chi connectivity index (χ4n) is 9.02. The van der Waals surface area contributed by atoms with E-state index in [0.717, 1.165) is 69.6 Å². The molecule has 0 amide bonds. The van der Waals surface area contributed by atoms with Crippen LogP contribution in [-0.2, 0) is 28.6 Å². The zero-order valence-corrected chi connectivity index (χ0v) is 44.6. The molecule has 0 heterocycles.